The van der Waals surface area contributed by atoms with Crippen molar-refractivity contribution in [3.05, 3.63) is 46.5 Å². The lowest BCUT2D eigenvalue weighted by atomic mass is 10.1. The zero-order valence-electron chi connectivity index (χ0n) is 12.6. The standard InChI is InChI=1S/C17H21NO3S/c19-17(4-3-15-2-1-10-20-15)21-16-5-8-18(9-6-16)12-14-7-11-22-13-14/h1-2,7,10-11,13,16H,3-6,8-9,12H2. The lowest BCUT2D eigenvalue weighted by molar-refractivity contribution is -0.151. The van der Waals surface area contributed by atoms with E-state index in [1.165, 1.54) is 5.56 Å². The maximum atomic E-state index is 11.9. The molecule has 1 saturated heterocycles. The summed E-state index contributed by atoms with van der Waals surface area (Å²) in [5.41, 5.74) is 1.37. The summed E-state index contributed by atoms with van der Waals surface area (Å²) >= 11 is 1.74. The molecule has 0 spiro atoms. The number of hydrogen-bond donors (Lipinski definition) is 0. The number of furan rings is 1. The second-order valence-electron chi connectivity index (χ2n) is 5.68. The maximum Gasteiger partial charge on any atom is 0.306 e. The maximum absolute atomic E-state index is 11.9. The van der Waals surface area contributed by atoms with E-state index in [1.807, 2.05) is 12.1 Å². The predicted molar refractivity (Wildman–Crippen MR) is 85.7 cm³/mol. The molecule has 0 atom stereocenters. The van der Waals surface area contributed by atoms with Crippen LogP contribution in [-0.4, -0.2) is 30.1 Å². The molecule has 1 aliphatic heterocycles. The number of likely N-dealkylation sites (tertiary alicyclic amines) is 1. The van der Waals surface area contributed by atoms with E-state index in [0.717, 1.165) is 38.2 Å². The first-order valence-electron chi connectivity index (χ1n) is 7.75. The first-order valence-corrected chi connectivity index (χ1v) is 8.69. The Morgan fingerprint density at radius 3 is 2.91 bits per heavy atom. The van der Waals surface area contributed by atoms with E-state index in [9.17, 15) is 4.79 Å². The molecule has 0 aliphatic carbocycles. The van der Waals surface area contributed by atoms with Crippen LogP contribution in [0, 0.1) is 0 Å². The molecule has 118 valence electrons. The summed E-state index contributed by atoms with van der Waals surface area (Å²) in [5.74, 6) is 0.718. The molecule has 2 aromatic rings. The second-order valence-corrected chi connectivity index (χ2v) is 6.46. The number of piperidine rings is 1. The van der Waals surface area contributed by atoms with Gasteiger partial charge in [0.2, 0.25) is 0 Å². The lowest BCUT2D eigenvalue weighted by Gasteiger charge is -2.31. The molecule has 1 aliphatic rings. The Kier molecular flexibility index (Phi) is 5.29. The largest absolute Gasteiger partial charge is 0.469 e. The van der Waals surface area contributed by atoms with Gasteiger partial charge < -0.3 is 9.15 Å². The first-order chi connectivity index (χ1) is 10.8. The molecule has 3 heterocycles. The van der Waals surface area contributed by atoms with Gasteiger partial charge in [0.15, 0.2) is 0 Å². The summed E-state index contributed by atoms with van der Waals surface area (Å²) in [6.07, 6.45) is 4.56. The van der Waals surface area contributed by atoms with Gasteiger partial charge in [-0.15, -0.1) is 0 Å². The minimum atomic E-state index is -0.118. The molecule has 4 nitrogen and oxygen atoms in total. The van der Waals surface area contributed by atoms with Crippen molar-refractivity contribution >= 4 is 17.3 Å². The highest BCUT2D eigenvalue weighted by molar-refractivity contribution is 7.07. The molecule has 1 fully saturated rings. The average molecular weight is 319 g/mol. The van der Waals surface area contributed by atoms with Crippen LogP contribution in [-0.2, 0) is 22.5 Å². The number of ether oxygens (including phenoxy) is 1. The number of nitrogens with zero attached hydrogens (tertiary/aromatic N) is 1. The normalized spacial score (nSPS) is 16.7. The van der Waals surface area contributed by atoms with E-state index in [-0.39, 0.29) is 12.1 Å². The minimum Gasteiger partial charge on any atom is -0.469 e. The highest BCUT2D eigenvalue weighted by Gasteiger charge is 2.22. The molecule has 0 aromatic carbocycles. The number of carbonyl (C=O) groups is 1. The van der Waals surface area contributed by atoms with E-state index in [1.54, 1.807) is 17.6 Å². The van der Waals surface area contributed by atoms with E-state index in [4.69, 9.17) is 9.15 Å². The molecule has 0 unspecified atom stereocenters. The molecule has 2 aromatic heterocycles. The summed E-state index contributed by atoms with van der Waals surface area (Å²) in [6, 6.07) is 5.89. The summed E-state index contributed by atoms with van der Waals surface area (Å²) < 4.78 is 10.8. The minimum absolute atomic E-state index is 0.0721. The van der Waals surface area contributed by atoms with Gasteiger partial charge in [-0.05, 0) is 47.4 Å². The number of carbonyl (C=O) groups excluding carboxylic acids is 1. The van der Waals surface area contributed by atoms with Crippen molar-refractivity contribution < 1.29 is 13.9 Å². The SMILES string of the molecule is O=C(CCc1ccco1)OC1CCN(Cc2ccsc2)CC1. The van der Waals surface area contributed by atoms with Gasteiger partial charge in [-0.1, -0.05) is 0 Å². The molecule has 5 heteroatoms. The van der Waals surface area contributed by atoms with Crippen molar-refractivity contribution in [2.24, 2.45) is 0 Å². The molecule has 0 saturated carbocycles. The third kappa shape index (κ3) is 4.45. The van der Waals surface area contributed by atoms with Gasteiger partial charge >= 0.3 is 5.97 Å². The number of rotatable bonds is 6. The molecular formula is C17H21NO3S. The fourth-order valence-corrected chi connectivity index (χ4v) is 3.41. The highest BCUT2D eigenvalue weighted by atomic mass is 32.1. The van der Waals surface area contributed by atoms with Gasteiger partial charge in [0.05, 0.1) is 12.7 Å². The van der Waals surface area contributed by atoms with Crippen LogP contribution in [0.5, 0.6) is 0 Å². The average Bonchev–Trinajstić information content (AvgIpc) is 3.20. The van der Waals surface area contributed by atoms with Crippen LogP contribution in [0.4, 0.5) is 0 Å². The van der Waals surface area contributed by atoms with E-state index in [0.29, 0.717) is 12.8 Å². The predicted octanol–water partition coefficient (Wildman–Crippen LogP) is 3.48. The van der Waals surface area contributed by atoms with Crippen molar-refractivity contribution in [2.45, 2.75) is 38.3 Å². The Bertz CT molecular complexity index is 557. The van der Waals surface area contributed by atoms with E-state index >= 15 is 0 Å². The van der Waals surface area contributed by atoms with Gasteiger partial charge in [0, 0.05) is 26.1 Å². The summed E-state index contributed by atoms with van der Waals surface area (Å²) in [7, 11) is 0. The van der Waals surface area contributed by atoms with Gasteiger partial charge in [0.1, 0.15) is 11.9 Å². The van der Waals surface area contributed by atoms with Crippen LogP contribution < -0.4 is 0 Å². The van der Waals surface area contributed by atoms with Crippen LogP contribution in [0.25, 0.3) is 0 Å². The third-order valence-corrected chi connectivity index (χ3v) is 4.71. The molecule has 0 N–H and O–H groups in total. The van der Waals surface area contributed by atoms with Crippen LogP contribution in [0.2, 0.25) is 0 Å². The van der Waals surface area contributed by atoms with Crippen LogP contribution in [0.1, 0.15) is 30.6 Å². The van der Waals surface area contributed by atoms with Gasteiger partial charge in [-0.3, -0.25) is 9.69 Å². The van der Waals surface area contributed by atoms with Crippen molar-refractivity contribution in [1.29, 1.82) is 0 Å². The van der Waals surface area contributed by atoms with E-state index in [2.05, 4.69) is 21.7 Å². The zero-order valence-corrected chi connectivity index (χ0v) is 13.4. The van der Waals surface area contributed by atoms with Gasteiger partial charge in [-0.25, -0.2) is 0 Å². The van der Waals surface area contributed by atoms with E-state index < -0.39 is 0 Å². The number of esters is 1. The number of aryl methyl sites for hydroxylation is 1. The van der Waals surface area contributed by atoms with Gasteiger partial charge in [-0.2, -0.15) is 11.3 Å². The summed E-state index contributed by atoms with van der Waals surface area (Å²) in [4.78, 5) is 14.3. The molecule has 0 amide bonds. The third-order valence-electron chi connectivity index (χ3n) is 3.97. The Morgan fingerprint density at radius 2 is 2.23 bits per heavy atom. The smallest absolute Gasteiger partial charge is 0.306 e. The topological polar surface area (TPSA) is 42.7 Å². The summed E-state index contributed by atoms with van der Waals surface area (Å²) in [6.45, 7) is 2.99. The van der Waals surface area contributed by atoms with Crippen molar-refractivity contribution in [3.63, 3.8) is 0 Å². The number of hydrogen-bond acceptors (Lipinski definition) is 5. The molecule has 0 radical (unpaired) electrons. The highest BCUT2D eigenvalue weighted by Crippen LogP contribution is 2.18. The van der Waals surface area contributed by atoms with Crippen LogP contribution in [0.15, 0.2) is 39.6 Å². The lowest BCUT2D eigenvalue weighted by Crippen LogP contribution is -2.37. The molecule has 22 heavy (non-hydrogen) atoms. The monoisotopic (exact) mass is 319 g/mol. The van der Waals surface area contributed by atoms with Crippen molar-refractivity contribution in [3.8, 4) is 0 Å². The first kappa shape index (κ1) is 15.3. The fourth-order valence-electron chi connectivity index (χ4n) is 2.75. The Morgan fingerprint density at radius 1 is 1.36 bits per heavy atom. The molecular weight excluding hydrogens is 298 g/mol. The van der Waals surface area contributed by atoms with Crippen LogP contribution in [0.3, 0.4) is 0 Å². The summed E-state index contributed by atoms with van der Waals surface area (Å²) in [5, 5.41) is 4.31. The number of thiophene rings is 1. The zero-order chi connectivity index (χ0) is 15.2. The molecule has 3 rings (SSSR count). The van der Waals surface area contributed by atoms with Crippen molar-refractivity contribution in [2.75, 3.05) is 13.1 Å². The quantitative estimate of drug-likeness (QED) is 0.765. The second kappa shape index (κ2) is 7.61. The Hall–Kier alpha value is -1.59. The molecule has 0 bridgehead atoms. The Balaban J connectivity index is 1.35. The van der Waals surface area contributed by atoms with Crippen molar-refractivity contribution in [1.82, 2.24) is 4.90 Å². The van der Waals surface area contributed by atoms with Crippen LogP contribution >= 0.6 is 11.3 Å². The Labute approximate surface area is 134 Å². The van der Waals surface area contributed by atoms with Gasteiger partial charge in [0.25, 0.3) is 0 Å². The fraction of sp³-hybridized carbons (Fsp3) is 0.471.